The number of nitrogens with zero attached hydrogens (tertiary/aromatic N) is 2. The van der Waals surface area contributed by atoms with Crippen LogP contribution in [0.4, 0.5) is 0 Å². The first-order valence-electron chi connectivity index (χ1n) is 3.63. The van der Waals surface area contributed by atoms with Crippen molar-refractivity contribution in [3.63, 3.8) is 0 Å². The van der Waals surface area contributed by atoms with Crippen LogP contribution >= 0.6 is 0 Å². The Kier molecular flexibility index (Phi) is 0.889. The number of hydrogen-bond donors (Lipinski definition) is 2. The third kappa shape index (κ3) is 0.567. The van der Waals surface area contributed by atoms with Crippen LogP contribution in [-0.4, -0.2) is 19.9 Å². The topological polar surface area (TPSA) is 57.4 Å². The minimum Gasteiger partial charge on any atom is -0.346 e. The van der Waals surface area contributed by atoms with E-state index in [1.165, 1.54) is 0 Å². The summed E-state index contributed by atoms with van der Waals surface area (Å²) in [4.78, 5) is 14.2. The summed E-state index contributed by atoms with van der Waals surface area (Å²) in [6.45, 7) is 0. The normalized spacial score (nSPS) is 11.3. The molecule has 0 amide bonds. The van der Waals surface area contributed by atoms with Crippen molar-refractivity contribution in [2.45, 2.75) is 0 Å². The number of H-pyrrole nitrogens is 2. The summed E-state index contributed by atoms with van der Waals surface area (Å²) in [5.41, 5.74) is 2.61. The van der Waals surface area contributed by atoms with Gasteiger partial charge in [0.15, 0.2) is 0 Å². The van der Waals surface area contributed by atoms with Gasteiger partial charge >= 0.3 is 0 Å². The molecule has 0 aliphatic carbocycles. The molecule has 4 nitrogen and oxygen atoms in total. The van der Waals surface area contributed by atoms with Gasteiger partial charge in [-0.15, -0.1) is 0 Å². The Labute approximate surface area is 67.7 Å². The zero-order valence-electron chi connectivity index (χ0n) is 6.13. The Hall–Kier alpha value is -1.84. The second kappa shape index (κ2) is 1.85. The van der Waals surface area contributed by atoms with Gasteiger partial charge in [-0.05, 0) is 6.07 Å². The quantitative estimate of drug-likeness (QED) is 0.515. The van der Waals surface area contributed by atoms with Crippen molar-refractivity contribution in [3.8, 4) is 0 Å². The lowest BCUT2D eigenvalue weighted by Gasteiger charge is -1.88. The van der Waals surface area contributed by atoms with Crippen molar-refractivity contribution in [2.24, 2.45) is 0 Å². The highest BCUT2D eigenvalue weighted by Crippen LogP contribution is 2.18. The number of aromatic nitrogens is 4. The molecule has 3 aromatic heterocycles. The fourth-order valence-electron chi connectivity index (χ4n) is 1.35. The first kappa shape index (κ1) is 5.77. The lowest BCUT2D eigenvalue weighted by molar-refractivity contribution is 1.31. The summed E-state index contributed by atoms with van der Waals surface area (Å²) in [6, 6.07) is 1.97. The summed E-state index contributed by atoms with van der Waals surface area (Å²) >= 11 is 0. The Bertz CT molecular complexity index is 484. The molecule has 0 fully saturated rings. The lowest BCUT2D eigenvalue weighted by Crippen LogP contribution is -1.77. The molecule has 3 aromatic rings. The Morgan fingerprint density at radius 1 is 1.33 bits per heavy atom. The molecule has 57 valence electrons. The average Bonchev–Trinajstić information content (AvgIpc) is 2.71. The summed E-state index contributed by atoms with van der Waals surface area (Å²) in [7, 11) is 0. The van der Waals surface area contributed by atoms with Gasteiger partial charge < -0.3 is 9.97 Å². The number of imidazole rings is 1. The number of nitrogens with one attached hydrogen (secondary N) is 2. The maximum atomic E-state index is 4.08. The fraction of sp³-hybridized carbons (Fsp3) is 0. The Morgan fingerprint density at radius 2 is 2.33 bits per heavy atom. The smallest absolute Gasteiger partial charge is 0.140 e. The minimum atomic E-state index is 0.780. The van der Waals surface area contributed by atoms with Crippen LogP contribution in [0.3, 0.4) is 0 Å². The van der Waals surface area contributed by atoms with Crippen molar-refractivity contribution in [3.05, 3.63) is 24.8 Å². The molecule has 0 atom stereocenters. The molecule has 1 radical (unpaired) electrons. The molecule has 12 heavy (non-hydrogen) atoms. The van der Waals surface area contributed by atoms with Crippen LogP contribution in [0, 0.1) is 6.20 Å². The van der Waals surface area contributed by atoms with Gasteiger partial charge in [0.05, 0.1) is 11.8 Å². The van der Waals surface area contributed by atoms with Crippen LogP contribution in [0.15, 0.2) is 18.6 Å². The Morgan fingerprint density at radius 3 is 3.33 bits per heavy atom. The molecule has 4 heteroatoms. The van der Waals surface area contributed by atoms with Crippen LogP contribution in [0.1, 0.15) is 0 Å². The van der Waals surface area contributed by atoms with E-state index in [0.717, 1.165) is 22.1 Å². The molecule has 0 aliphatic rings. The van der Waals surface area contributed by atoms with Gasteiger partial charge in [0.1, 0.15) is 17.4 Å². The van der Waals surface area contributed by atoms with Crippen LogP contribution in [0.5, 0.6) is 0 Å². The largest absolute Gasteiger partial charge is 0.346 e. The predicted molar refractivity (Wildman–Crippen MR) is 44.6 cm³/mol. The first-order chi connectivity index (χ1) is 5.95. The van der Waals surface area contributed by atoms with Crippen LogP contribution in [0.2, 0.25) is 0 Å². The molecule has 0 saturated carbocycles. The summed E-state index contributed by atoms with van der Waals surface area (Å²) in [5, 5.41) is 1.06. The van der Waals surface area contributed by atoms with Crippen molar-refractivity contribution in [1.82, 2.24) is 19.9 Å². The molecule has 3 heterocycles. The molecule has 0 unspecified atom stereocenters. The zero-order valence-corrected chi connectivity index (χ0v) is 6.13. The number of pyridine rings is 1. The van der Waals surface area contributed by atoms with E-state index in [0.29, 0.717) is 0 Å². The molecule has 0 spiro atoms. The third-order valence-electron chi connectivity index (χ3n) is 1.91. The molecule has 0 aliphatic heterocycles. The van der Waals surface area contributed by atoms with Crippen molar-refractivity contribution in [2.75, 3.05) is 0 Å². The van der Waals surface area contributed by atoms with Crippen LogP contribution < -0.4 is 0 Å². The van der Waals surface area contributed by atoms with E-state index in [-0.39, 0.29) is 0 Å². The van der Waals surface area contributed by atoms with E-state index in [4.69, 9.17) is 0 Å². The zero-order chi connectivity index (χ0) is 7.97. The van der Waals surface area contributed by atoms with Crippen LogP contribution in [0.25, 0.3) is 22.1 Å². The van der Waals surface area contributed by atoms with Gasteiger partial charge in [0.2, 0.25) is 0 Å². The maximum absolute atomic E-state index is 4.08. The van der Waals surface area contributed by atoms with Gasteiger partial charge in [0, 0.05) is 11.6 Å². The summed E-state index contributed by atoms with van der Waals surface area (Å²) in [5.74, 6) is 0. The monoisotopic (exact) mass is 157 g/mol. The average molecular weight is 157 g/mol. The van der Waals surface area contributed by atoms with Crippen molar-refractivity contribution in [1.29, 1.82) is 0 Å². The fourth-order valence-corrected chi connectivity index (χ4v) is 1.35. The highest BCUT2D eigenvalue weighted by Gasteiger charge is 2.03. The predicted octanol–water partition coefficient (Wildman–Crippen LogP) is 1.24. The van der Waals surface area contributed by atoms with E-state index in [1.54, 1.807) is 6.33 Å². The van der Waals surface area contributed by atoms with Gasteiger partial charge in [-0.2, -0.15) is 0 Å². The second-order valence-corrected chi connectivity index (χ2v) is 2.59. The SMILES string of the molecule is [c]1nc2[nH]ccc2c2[nH]cnc12. The lowest BCUT2D eigenvalue weighted by atomic mass is 10.3. The van der Waals surface area contributed by atoms with Gasteiger partial charge in [0.25, 0.3) is 0 Å². The third-order valence-corrected chi connectivity index (χ3v) is 1.91. The number of rotatable bonds is 0. The molecular weight excluding hydrogens is 152 g/mol. The standard InChI is InChI=1S/C8H5N4/c1-2-9-8-5(1)7-6(3-10-8)11-4-12-7/h1-2,4H,(H,9,10)(H,11,12). The van der Waals surface area contributed by atoms with Gasteiger partial charge in [-0.25, -0.2) is 9.97 Å². The molecule has 0 bridgehead atoms. The van der Waals surface area contributed by atoms with E-state index >= 15 is 0 Å². The molecule has 0 saturated heterocycles. The second-order valence-electron chi connectivity index (χ2n) is 2.59. The highest BCUT2D eigenvalue weighted by atomic mass is 14.9. The van der Waals surface area contributed by atoms with Gasteiger partial charge in [-0.3, -0.25) is 0 Å². The molecule has 2 N–H and O–H groups in total. The van der Waals surface area contributed by atoms with Crippen LogP contribution in [-0.2, 0) is 0 Å². The van der Waals surface area contributed by atoms with E-state index in [1.807, 2.05) is 12.3 Å². The first-order valence-corrected chi connectivity index (χ1v) is 3.63. The van der Waals surface area contributed by atoms with Crippen molar-refractivity contribution < 1.29 is 0 Å². The number of hydrogen-bond acceptors (Lipinski definition) is 2. The molecular formula is C8H5N4. The van der Waals surface area contributed by atoms with Gasteiger partial charge in [-0.1, -0.05) is 0 Å². The molecule has 3 rings (SSSR count). The minimum absolute atomic E-state index is 0.780. The summed E-state index contributed by atoms with van der Waals surface area (Å²) in [6.07, 6.45) is 6.34. The maximum Gasteiger partial charge on any atom is 0.140 e. The number of aromatic amines is 2. The highest BCUT2D eigenvalue weighted by molar-refractivity contribution is 5.99. The summed E-state index contributed by atoms with van der Waals surface area (Å²) < 4.78 is 0. The van der Waals surface area contributed by atoms with E-state index in [9.17, 15) is 0 Å². The number of fused-ring (bicyclic) bond motifs is 3. The van der Waals surface area contributed by atoms with E-state index in [2.05, 4.69) is 26.1 Å². The van der Waals surface area contributed by atoms with Crippen molar-refractivity contribution >= 4 is 22.1 Å². The molecule has 0 aromatic carbocycles. The van der Waals surface area contributed by atoms with E-state index < -0.39 is 0 Å². The Balaban J connectivity index is 2.71.